The Kier molecular flexibility index (Phi) is 4.12. The first kappa shape index (κ1) is 19.6. The second kappa shape index (κ2) is 7.35. The first-order valence-electron chi connectivity index (χ1n) is 11.7. The van der Waals surface area contributed by atoms with Gasteiger partial charge in [0, 0.05) is 39.8 Å². The smallest absolute Gasteiger partial charge is 0.0992 e. The van der Waals surface area contributed by atoms with E-state index in [0.717, 1.165) is 5.52 Å². The van der Waals surface area contributed by atoms with E-state index >= 15 is 0 Å². The number of hydrogen-bond donors (Lipinski definition) is 0. The molecule has 7 aromatic rings. The van der Waals surface area contributed by atoms with E-state index in [-0.39, 0.29) is 0 Å². The van der Waals surface area contributed by atoms with Crippen molar-refractivity contribution in [2.45, 2.75) is 0 Å². The molecule has 7 rings (SSSR count). The largest absolute Gasteiger partial charge is 0.344 e. The Bertz CT molecular complexity index is 1960. The number of benzene rings is 5. The van der Waals surface area contributed by atoms with Crippen molar-refractivity contribution >= 4 is 43.6 Å². The van der Waals surface area contributed by atoms with Gasteiger partial charge in [0.15, 0.2) is 0 Å². The van der Waals surface area contributed by atoms with Crippen LogP contribution in [-0.2, 0) is 7.05 Å². The maximum Gasteiger partial charge on any atom is 0.0992 e. The van der Waals surface area contributed by atoms with Crippen LogP contribution in [0, 0.1) is 11.3 Å². The van der Waals surface area contributed by atoms with Crippen molar-refractivity contribution in [1.82, 2.24) is 9.13 Å². The lowest BCUT2D eigenvalue weighted by atomic mass is 10.0. The van der Waals surface area contributed by atoms with Crippen LogP contribution in [0.25, 0.3) is 60.4 Å². The monoisotopic (exact) mass is 447 g/mol. The Hall–Kier alpha value is -4.81. The summed E-state index contributed by atoms with van der Waals surface area (Å²) in [6, 6.07) is 40.8. The van der Waals surface area contributed by atoms with Crippen LogP contribution < -0.4 is 0 Å². The van der Waals surface area contributed by atoms with Gasteiger partial charge in [0.1, 0.15) is 0 Å². The van der Waals surface area contributed by atoms with Crippen LogP contribution in [0.15, 0.2) is 109 Å². The fourth-order valence-electron chi connectivity index (χ4n) is 5.47. The molecule has 0 amide bonds. The molecule has 2 heterocycles. The van der Waals surface area contributed by atoms with Crippen LogP contribution in [0.2, 0.25) is 0 Å². The van der Waals surface area contributed by atoms with E-state index in [2.05, 4.69) is 119 Å². The van der Waals surface area contributed by atoms with Gasteiger partial charge in [0.2, 0.25) is 0 Å². The van der Waals surface area contributed by atoms with Gasteiger partial charge in [-0.05, 0) is 65.7 Å². The van der Waals surface area contributed by atoms with Crippen molar-refractivity contribution in [2.75, 3.05) is 0 Å². The molecular weight excluding hydrogens is 426 g/mol. The minimum absolute atomic E-state index is 0.684. The van der Waals surface area contributed by atoms with E-state index in [4.69, 9.17) is 0 Å². The second-order valence-corrected chi connectivity index (χ2v) is 9.05. The molecular formula is C32H21N3. The molecule has 35 heavy (non-hydrogen) atoms. The third kappa shape index (κ3) is 2.84. The molecule has 0 radical (unpaired) electrons. The Balaban J connectivity index is 1.47. The number of fused-ring (bicyclic) bond motifs is 6. The van der Waals surface area contributed by atoms with Gasteiger partial charge in [0.25, 0.3) is 0 Å². The molecule has 0 N–H and O–H groups in total. The molecule has 0 aliphatic carbocycles. The van der Waals surface area contributed by atoms with Crippen LogP contribution in [0.5, 0.6) is 0 Å². The summed E-state index contributed by atoms with van der Waals surface area (Å²) in [5, 5.41) is 14.2. The summed E-state index contributed by atoms with van der Waals surface area (Å²) in [5.41, 5.74) is 8.90. The molecule has 164 valence electrons. The number of aromatic nitrogens is 2. The number of aryl methyl sites for hydroxylation is 1. The molecule has 0 saturated heterocycles. The minimum Gasteiger partial charge on any atom is -0.344 e. The van der Waals surface area contributed by atoms with Crippen molar-refractivity contribution in [2.24, 2.45) is 7.05 Å². The van der Waals surface area contributed by atoms with Gasteiger partial charge in [0.05, 0.1) is 28.2 Å². The average molecular weight is 448 g/mol. The summed E-state index contributed by atoms with van der Waals surface area (Å²) in [6.07, 6.45) is 0. The van der Waals surface area contributed by atoms with E-state index in [0.29, 0.717) is 5.56 Å². The third-order valence-electron chi connectivity index (χ3n) is 7.16. The van der Waals surface area contributed by atoms with Gasteiger partial charge < -0.3 is 9.13 Å². The number of hydrogen-bond acceptors (Lipinski definition) is 1. The van der Waals surface area contributed by atoms with Crippen LogP contribution >= 0.6 is 0 Å². The summed E-state index contributed by atoms with van der Waals surface area (Å²) in [4.78, 5) is 0. The molecule has 0 fully saturated rings. The first-order valence-corrected chi connectivity index (χ1v) is 11.7. The summed E-state index contributed by atoms with van der Waals surface area (Å²) in [5.74, 6) is 0. The van der Waals surface area contributed by atoms with Crippen molar-refractivity contribution in [3.05, 3.63) is 115 Å². The lowest BCUT2D eigenvalue weighted by Gasteiger charge is -2.08. The Morgan fingerprint density at radius 3 is 1.94 bits per heavy atom. The fourth-order valence-corrected chi connectivity index (χ4v) is 5.47. The molecule has 0 atom stereocenters. The topological polar surface area (TPSA) is 33.6 Å². The highest BCUT2D eigenvalue weighted by molar-refractivity contribution is 6.12. The van der Waals surface area contributed by atoms with Gasteiger partial charge in [-0.3, -0.25) is 0 Å². The molecule has 0 unspecified atom stereocenters. The van der Waals surface area contributed by atoms with Crippen molar-refractivity contribution in [3.63, 3.8) is 0 Å². The quantitative estimate of drug-likeness (QED) is 0.265. The minimum atomic E-state index is 0.684. The molecule has 0 aliphatic rings. The predicted octanol–water partition coefficient (Wildman–Crippen LogP) is 7.97. The highest BCUT2D eigenvalue weighted by Crippen LogP contribution is 2.37. The standard InChI is InChI=1S/C32H21N3/c1-34-29-15-12-22(18-27(29)26-14-11-21(20-33)17-32(26)34)23-13-16-31-28(19-23)25-9-5-6-10-30(25)35(31)24-7-3-2-4-8-24/h2-19H,1H3. The zero-order valence-corrected chi connectivity index (χ0v) is 19.2. The lowest BCUT2D eigenvalue weighted by molar-refractivity contribution is 1.01. The van der Waals surface area contributed by atoms with E-state index in [1.807, 2.05) is 12.1 Å². The number of nitrogens with zero attached hydrogens (tertiary/aromatic N) is 3. The zero-order chi connectivity index (χ0) is 23.5. The normalized spacial score (nSPS) is 11.5. The second-order valence-electron chi connectivity index (χ2n) is 9.05. The van der Waals surface area contributed by atoms with Gasteiger partial charge in [-0.15, -0.1) is 0 Å². The van der Waals surface area contributed by atoms with E-state index < -0.39 is 0 Å². The van der Waals surface area contributed by atoms with Gasteiger partial charge in [-0.1, -0.05) is 54.6 Å². The summed E-state index contributed by atoms with van der Waals surface area (Å²) in [6.45, 7) is 0. The molecule has 0 bridgehead atoms. The molecule has 5 aromatic carbocycles. The van der Waals surface area contributed by atoms with E-state index in [1.165, 1.54) is 54.9 Å². The Labute approximate surface area is 202 Å². The van der Waals surface area contributed by atoms with E-state index in [1.54, 1.807) is 0 Å². The summed E-state index contributed by atoms with van der Waals surface area (Å²) < 4.78 is 4.51. The molecule has 0 saturated carbocycles. The lowest BCUT2D eigenvalue weighted by Crippen LogP contribution is -1.92. The maximum atomic E-state index is 9.33. The number of para-hydroxylation sites is 2. The average Bonchev–Trinajstić information content (AvgIpc) is 3.40. The molecule has 0 aliphatic heterocycles. The summed E-state index contributed by atoms with van der Waals surface area (Å²) in [7, 11) is 2.07. The Morgan fingerprint density at radius 2 is 1.17 bits per heavy atom. The van der Waals surface area contributed by atoms with Crippen LogP contribution in [0.4, 0.5) is 0 Å². The first-order chi connectivity index (χ1) is 17.2. The SMILES string of the molecule is Cn1c2ccc(-c3ccc4c(c3)c3ccccc3n4-c3ccccc3)cc2c2ccc(C#N)cc21. The van der Waals surface area contributed by atoms with Crippen molar-refractivity contribution in [3.8, 4) is 22.9 Å². The van der Waals surface area contributed by atoms with E-state index in [9.17, 15) is 5.26 Å². The van der Waals surface area contributed by atoms with Crippen molar-refractivity contribution in [1.29, 1.82) is 5.26 Å². The maximum absolute atomic E-state index is 9.33. The predicted molar refractivity (Wildman–Crippen MR) is 145 cm³/mol. The number of nitriles is 1. The van der Waals surface area contributed by atoms with Crippen molar-refractivity contribution < 1.29 is 0 Å². The van der Waals surface area contributed by atoms with Gasteiger partial charge in [-0.2, -0.15) is 5.26 Å². The highest BCUT2D eigenvalue weighted by Gasteiger charge is 2.14. The third-order valence-corrected chi connectivity index (χ3v) is 7.16. The Morgan fingerprint density at radius 1 is 0.543 bits per heavy atom. The van der Waals surface area contributed by atoms with Crippen LogP contribution in [-0.4, -0.2) is 9.13 Å². The number of rotatable bonds is 2. The zero-order valence-electron chi connectivity index (χ0n) is 19.2. The van der Waals surface area contributed by atoms with Crippen LogP contribution in [0.3, 0.4) is 0 Å². The van der Waals surface area contributed by atoms with Crippen LogP contribution in [0.1, 0.15) is 5.56 Å². The summed E-state index contributed by atoms with van der Waals surface area (Å²) >= 11 is 0. The fraction of sp³-hybridized carbons (Fsp3) is 0.0312. The van der Waals surface area contributed by atoms with Gasteiger partial charge >= 0.3 is 0 Å². The molecule has 3 heteroatoms. The molecule has 2 aromatic heterocycles. The molecule has 3 nitrogen and oxygen atoms in total. The van der Waals surface area contributed by atoms with Gasteiger partial charge in [-0.25, -0.2) is 0 Å². The highest BCUT2D eigenvalue weighted by atomic mass is 15.0. The molecule has 0 spiro atoms.